The molecule has 0 spiro atoms. The largest absolute Gasteiger partial charge is 0.386 e. The van der Waals surface area contributed by atoms with Gasteiger partial charge in [-0.15, -0.1) is 0 Å². The Morgan fingerprint density at radius 2 is 2.04 bits per heavy atom. The summed E-state index contributed by atoms with van der Waals surface area (Å²) in [4.78, 5) is 28.0. The second-order valence-corrected chi connectivity index (χ2v) is 5.57. The summed E-state index contributed by atoms with van der Waals surface area (Å²) >= 11 is 0. The lowest BCUT2D eigenvalue weighted by Crippen LogP contribution is -2.28. The quantitative estimate of drug-likeness (QED) is 0.437. The Bertz CT molecular complexity index is 597. The number of carbonyl (C=O) groups excluding carboxylic acids is 2. The first-order valence-electron chi connectivity index (χ1n) is 8.20. The van der Waals surface area contributed by atoms with Crippen LogP contribution in [0, 0.1) is 0 Å². The zero-order chi connectivity index (χ0) is 17.0. The molecular weight excluding hydrogens is 306 g/mol. The van der Waals surface area contributed by atoms with E-state index in [1.165, 1.54) is 18.4 Å². The molecule has 0 fully saturated rings. The molecule has 0 aromatic heterocycles. The van der Waals surface area contributed by atoms with E-state index >= 15 is 0 Å². The van der Waals surface area contributed by atoms with E-state index in [0.717, 1.165) is 25.5 Å². The Labute approximate surface area is 142 Å². The number of amides is 2. The molecule has 2 rings (SSSR count). The maximum Gasteiger partial charge on any atom is 0.270 e. The van der Waals surface area contributed by atoms with Crippen LogP contribution in [0.25, 0.3) is 0 Å². The van der Waals surface area contributed by atoms with Crippen molar-refractivity contribution in [1.82, 2.24) is 5.32 Å². The third kappa shape index (κ3) is 7.09. The van der Waals surface area contributed by atoms with Crippen LogP contribution >= 0.6 is 0 Å². The molecule has 2 amide bonds. The van der Waals surface area contributed by atoms with Crippen LogP contribution in [-0.4, -0.2) is 31.2 Å². The zero-order valence-corrected chi connectivity index (χ0v) is 13.7. The topological polar surface area (TPSA) is 79.8 Å². The fraction of sp³-hybridized carbons (Fsp3) is 0.389. The van der Waals surface area contributed by atoms with Gasteiger partial charge >= 0.3 is 0 Å². The lowest BCUT2D eigenvalue weighted by Gasteiger charge is -2.12. The number of nitrogens with one attached hydrogen (secondary N) is 2. The molecule has 128 valence electrons. The minimum Gasteiger partial charge on any atom is -0.386 e. The van der Waals surface area contributed by atoms with Crippen LogP contribution in [0.4, 0.5) is 5.69 Å². The molecule has 2 N–H and O–H groups in total. The summed E-state index contributed by atoms with van der Waals surface area (Å²) < 4.78 is 0. The van der Waals surface area contributed by atoms with Crippen LogP contribution in [0.2, 0.25) is 0 Å². The zero-order valence-electron chi connectivity index (χ0n) is 13.7. The van der Waals surface area contributed by atoms with Crippen LogP contribution in [0.15, 0.2) is 47.1 Å². The van der Waals surface area contributed by atoms with Gasteiger partial charge in [0, 0.05) is 12.2 Å². The van der Waals surface area contributed by atoms with E-state index in [1.54, 1.807) is 12.1 Å². The molecule has 6 heteroatoms. The molecule has 6 nitrogen and oxygen atoms in total. The van der Waals surface area contributed by atoms with Gasteiger partial charge in [0.25, 0.3) is 11.8 Å². The van der Waals surface area contributed by atoms with Gasteiger partial charge in [-0.3, -0.25) is 9.59 Å². The van der Waals surface area contributed by atoms with Gasteiger partial charge in [0.2, 0.25) is 0 Å². The number of anilines is 1. The fourth-order valence-corrected chi connectivity index (χ4v) is 2.42. The Balaban J connectivity index is 1.56. The van der Waals surface area contributed by atoms with Crippen molar-refractivity contribution in [3.63, 3.8) is 0 Å². The van der Waals surface area contributed by atoms with E-state index in [-0.39, 0.29) is 12.5 Å². The number of allylic oxidation sites excluding steroid dienone is 1. The molecule has 0 heterocycles. The molecule has 0 bridgehead atoms. The van der Waals surface area contributed by atoms with Gasteiger partial charge in [0.15, 0.2) is 6.61 Å². The molecular formula is C18H23N3O3. The molecule has 24 heavy (non-hydrogen) atoms. The molecule has 0 unspecified atom stereocenters. The molecule has 0 radical (unpaired) electrons. The van der Waals surface area contributed by atoms with Crippen molar-refractivity contribution in [2.45, 2.75) is 32.1 Å². The molecule has 0 saturated carbocycles. The number of oxime groups is 1. The van der Waals surface area contributed by atoms with Gasteiger partial charge in [-0.05, 0) is 44.2 Å². The van der Waals surface area contributed by atoms with E-state index in [1.807, 2.05) is 18.2 Å². The number of para-hydroxylation sites is 1. The van der Waals surface area contributed by atoms with E-state index < -0.39 is 5.91 Å². The molecule has 1 aliphatic carbocycles. The Morgan fingerprint density at radius 1 is 1.21 bits per heavy atom. The van der Waals surface area contributed by atoms with E-state index in [9.17, 15) is 9.59 Å². The number of hydrogen-bond acceptors (Lipinski definition) is 4. The summed E-state index contributed by atoms with van der Waals surface area (Å²) in [7, 11) is 0. The maximum absolute atomic E-state index is 11.6. The minimum atomic E-state index is -0.411. The lowest BCUT2D eigenvalue weighted by molar-refractivity contribution is -0.125. The van der Waals surface area contributed by atoms with E-state index in [4.69, 9.17) is 4.84 Å². The Morgan fingerprint density at radius 3 is 2.79 bits per heavy atom. The number of hydrogen-bond donors (Lipinski definition) is 2. The summed E-state index contributed by atoms with van der Waals surface area (Å²) in [5.41, 5.74) is 2.08. The summed E-state index contributed by atoms with van der Waals surface area (Å²) in [6.45, 7) is 0.403. The summed E-state index contributed by atoms with van der Waals surface area (Å²) in [6.07, 6.45) is 8.94. The van der Waals surface area contributed by atoms with Gasteiger partial charge in [-0.2, -0.15) is 0 Å². The first-order chi connectivity index (χ1) is 11.7. The highest BCUT2D eigenvalue weighted by atomic mass is 16.6. The lowest BCUT2D eigenvalue weighted by atomic mass is 9.97. The number of carbonyl (C=O) groups is 2. The molecule has 1 aliphatic rings. The molecule has 0 saturated heterocycles. The fourth-order valence-electron chi connectivity index (χ4n) is 2.42. The van der Waals surface area contributed by atoms with Gasteiger partial charge in [0.1, 0.15) is 6.21 Å². The standard InChI is InChI=1S/C18H23N3O3/c22-17(21-16-9-5-2-6-10-16)13-20-24-14-18(23)19-12-11-15-7-3-1-4-8-15/h2,5-7,9-10,13H,1,3-4,8,11-12,14H2,(H,19,23)(H,21,22)/b20-13+. The van der Waals surface area contributed by atoms with Crippen molar-refractivity contribution < 1.29 is 14.4 Å². The van der Waals surface area contributed by atoms with Crippen molar-refractivity contribution in [3.8, 4) is 0 Å². The normalized spacial score (nSPS) is 14.1. The third-order valence-electron chi connectivity index (χ3n) is 3.63. The first-order valence-corrected chi connectivity index (χ1v) is 8.20. The van der Waals surface area contributed by atoms with Crippen LogP contribution in [0.1, 0.15) is 32.1 Å². The van der Waals surface area contributed by atoms with E-state index in [2.05, 4.69) is 21.9 Å². The van der Waals surface area contributed by atoms with Crippen molar-refractivity contribution in [2.75, 3.05) is 18.5 Å². The van der Waals surface area contributed by atoms with Gasteiger partial charge < -0.3 is 15.5 Å². The van der Waals surface area contributed by atoms with E-state index in [0.29, 0.717) is 12.2 Å². The van der Waals surface area contributed by atoms with Crippen molar-refractivity contribution >= 4 is 23.7 Å². The molecule has 1 aromatic rings. The van der Waals surface area contributed by atoms with Crippen LogP contribution in [0.5, 0.6) is 0 Å². The highest BCUT2D eigenvalue weighted by Gasteiger charge is 2.05. The third-order valence-corrected chi connectivity index (χ3v) is 3.63. The summed E-state index contributed by atoms with van der Waals surface area (Å²) in [5.74, 6) is -0.655. The van der Waals surface area contributed by atoms with Gasteiger partial charge in [0.05, 0.1) is 0 Å². The monoisotopic (exact) mass is 329 g/mol. The average molecular weight is 329 g/mol. The molecule has 1 aromatic carbocycles. The predicted octanol–water partition coefficient (Wildman–Crippen LogP) is 2.63. The number of benzene rings is 1. The van der Waals surface area contributed by atoms with Gasteiger partial charge in [-0.1, -0.05) is 35.0 Å². The minimum absolute atomic E-state index is 0.200. The van der Waals surface area contributed by atoms with Crippen LogP contribution < -0.4 is 10.6 Å². The Kier molecular flexibility index (Phi) is 7.53. The van der Waals surface area contributed by atoms with Crippen LogP contribution in [0.3, 0.4) is 0 Å². The summed E-state index contributed by atoms with van der Waals surface area (Å²) in [5, 5.41) is 8.90. The number of nitrogens with zero attached hydrogens (tertiary/aromatic N) is 1. The Hall–Kier alpha value is -2.63. The smallest absolute Gasteiger partial charge is 0.270 e. The average Bonchev–Trinajstić information content (AvgIpc) is 2.60. The second kappa shape index (κ2) is 10.2. The molecule has 0 aliphatic heterocycles. The van der Waals surface area contributed by atoms with Gasteiger partial charge in [-0.25, -0.2) is 0 Å². The maximum atomic E-state index is 11.6. The second-order valence-electron chi connectivity index (χ2n) is 5.57. The predicted molar refractivity (Wildman–Crippen MR) is 93.7 cm³/mol. The van der Waals surface area contributed by atoms with Crippen molar-refractivity contribution in [2.24, 2.45) is 5.16 Å². The van der Waals surface area contributed by atoms with Crippen molar-refractivity contribution in [1.29, 1.82) is 0 Å². The van der Waals surface area contributed by atoms with Crippen LogP contribution in [-0.2, 0) is 14.4 Å². The molecule has 0 atom stereocenters. The summed E-state index contributed by atoms with van der Waals surface area (Å²) in [6, 6.07) is 9.02. The highest BCUT2D eigenvalue weighted by Crippen LogP contribution is 2.19. The number of rotatable bonds is 8. The SMILES string of the molecule is O=C(/C=N/OCC(=O)NCCC1=CCCCC1)Nc1ccccc1. The van der Waals surface area contributed by atoms with Crippen molar-refractivity contribution in [3.05, 3.63) is 42.0 Å². The first kappa shape index (κ1) is 17.7. The highest BCUT2D eigenvalue weighted by molar-refractivity contribution is 6.31.